The molecule has 0 atom stereocenters. The quantitative estimate of drug-likeness (QED) is 0.416. The molecular formula is C8H21O3P. The Hall–Kier alpha value is 0.310. The van der Waals surface area contributed by atoms with Gasteiger partial charge < -0.3 is 0 Å². The van der Waals surface area contributed by atoms with Crippen LogP contribution in [0.4, 0.5) is 0 Å². The molecule has 0 fully saturated rings. The normalized spacial score (nSPS) is 13.3. The number of aliphatic hydroxyl groups is 3. The van der Waals surface area contributed by atoms with Crippen LogP contribution in [-0.4, -0.2) is 40.5 Å². The SMILES string of the molecule is CCCCC[PH](CO)(CO)CO. The summed E-state index contributed by atoms with van der Waals surface area (Å²) in [6.07, 6.45) is 4.12. The van der Waals surface area contributed by atoms with Crippen LogP contribution in [-0.2, 0) is 0 Å². The first kappa shape index (κ1) is 12.3. The Bertz CT molecular complexity index is 96.2. The van der Waals surface area contributed by atoms with Crippen LogP contribution in [0.25, 0.3) is 0 Å². The molecule has 3 N–H and O–H groups in total. The second-order valence-corrected chi connectivity index (χ2v) is 7.88. The summed E-state index contributed by atoms with van der Waals surface area (Å²) in [5.41, 5.74) is 0. The fourth-order valence-electron chi connectivity index (χ4n) is 1.14. The molecule has 0 bridgehead atoms. The van der Waals surface area contributed by atoms with Gasteiger partial charge in [-0.3, -0.25) is 0 Å². The van der Waals surface area contributed by atoms with E-state index in [9.17, 15) is 0 Å². The monoisotopic (exact) mass is 196 g/mol. The van der Waals surface area contributed by atoms with Crippen molar-refractivity contribution in [3.8, 4) is 0 Å². The third-order valence-electron chi connectivity index (χ3n) is 2.32. The zero-order valence-corrected chi connectivity index (χ0v) is 8.79. The molecule has 0 saturated heterocycles. The van der Waals surface area contributed by atoms with E-state index in [2.05, 4.69) is 6.92 Å². The van der Waals surface area contributed by atoms with E-state index in [-0.39, 0.29) is 19.0 Å². The molecule has 0 radical (unpaired) electrons. The standard InChI is InChI=1S/C8H21O3P/c1-2-3-4-5-12(6-9,7-10)8-11/h9-12H,2-8H2,1H3. The van der Waals surface area contributed by atoms with Crippen LogP contribution in [0.5, 0.6) is 0 Å². The number of hydrogen-bond acceptors (Lipinski definition) is 3. The van der Waals surface area contributed by atoms with Crippen LogP contribution in [0.15, 0.2) is 0 Å². The van der Waals surface area contributed by atoms with E-state index < -0.39 is 7.26 Å². The summed E-state index contributed by atoms with van der Waals surface area (Å²) in [4.78, 5) is 0. The topological polar surface area (TPSA) is 60.7 Å². The molecule has 0 aromatic heterocycles. The van der Waals surface area contributed by atoms with Gasteiger partial charge >= 0.3 is 74.0 Å². The summed E-state index contributed by atoms with van der Waals surface area (Å²) >= 11 is 0. The van der Waals surface area contributed by atoms with Crippen molar-refractivity contribution in [1.29, 1.82) is 0 Å². The van der Waals surface area contributed by atoms with Gasteiger partial charge in [0.25, 0.3) is 0 Å². The van der Waals surface area contributed by atoms with Gasteiger partial charge in [-0.15, -0.1) is 0 Å². The number of aliphatic hydroxyl groups excluding tert-OH is 3. The van der Waals surface area contributed by atoms with Gasteiger partial charge in [-0.1, -0.05) is 0 Å². The molecule has 0 aliphatic heterocycles. The first-order valence-corrected chi connectivity index (χ1v) is 7.40. The van der Waals surface area contributed by atoms with Gasteiger partial charge in [-0.05, 0) is 0 Å². The molecule has 12 heavy (non-hydrogen) atoms. The van der Waals surface area contributed by atoms with E-state index in [1.165, 1.54) is 0 Å². The molecule has 3 nitrogen and oxygen atoms in total. The molecular weight excluding hydrogens is 175 g/mol. The Morgan fingerprint density at radius 3 is 1.75 bits per heavy atom. The maximum absolute atomic E-state index is 9.02. The molecule has 0 unspecified atom stereocenters. The fourth-order valence-corrected chi connectivity index (χ4v) is 2.91. The predicted molar refractivity (Wildman–Crippen MR) is 54.0 cm³/mol. The van der Waals surface area contributed by atoms with Crippen molar-refractivity contribution >= 4 is 7.26 Å². The van der Waals surface area contributed by atoms with Crippen LogP contribution in [0.3, 0.4) is 0 Å². The molecule has 0 amide bonds. The van der Waals surface area contributed by atoms with Crippen LogP contribution in [0, 0.1) is 0 Å². The van der Waals surface area contributed by atoms with E-state index in [1.54, 1.807) is 0 Å². The summed E-state index contributed by atoms with van der Waals surface area (Å²) in [6, 6.07) is 0. The summed E-state index contributed by atoms with van der Waals surface area (Å²) in [7, 11) is -2.09. The van der Waals surface area contributed by atoms with Crippen molar-refractivity contribution in [2.75, 3.05) is 25.2 Å². The second-order valence-electron chi connectivity index (χ2n) is 3.43. The van der Waals surface area contributed by atoms with Crippen LogP contribution in [0.2, 0.25) is 0 Å². The molecule has 0 heterocycles. The zero-order valence-electron chi connectivity index (χ0n) is 7.79. The molecule has 76 valence electrons. The van der Waals surface area contributed by atoms with Crippen LogP contribution < -0.4 is 0 Å². The summed E-state index contributed by atoms with van der Waals surface area (Å²) < 4.78 is 0. The molecule has 0 aromatic rings. The van der Waals surface area contributed by atoms with Gasteiger partial charge in [-0.25, -0.2) is 0 Å². The Labute approximate surface area is 74.8 Å². The molecule has 0 aromatic carbocycles. The maximum atomic E-state index is 9.02. The predicted octanol–water partition coefficient (Wildman–Crippen LogP) is 0.776. The molecule has 0 rings (SSSR count). The van der Waals surface area contributed by atoms with E-state index in [4.69, 9.17) is 15.3 Å². The first-order valence-electron chi connectivity index (χ1n) is 4.57. The van der Waals surface area contributed by atoms with Gasteiger partial charge in [0.1, 0.15) is 0 Å². The number of rotatable bonds is 7. The number of hydrogen-bond donors (Lipinski definition) is 3. The Kier molecular flexibility index (Phi) is 6.96. The fraction of sp³-hybridized carbons (Fsp3) is 1.00. The average molecular weight is 196 g/mol. The van der Waals surface area contributed by atoms with E-state index in [0.717, 1.165) is 25.4 Å². The van der Waals surface area contributed by atoms with Gasteiger partial charge in [0.05, 0.1) is 0 Å². The van der Waals surface area contributed by atoms with Gasteiger partial charge in [0.15, 0.2) is 0 Å². The van der Waals surface area contributed by atoms with Crippen LogP contribution >= 0.6 is 7.26 Å². The third kappa shape index (κ3) is 3.81. The van der Waals surface area contributed by atoms with E-state index >= 15 is 0 Å². The zero-order chi connectivity index (χ0) is 9.45. The Morgan fingerprint density at radius 1 is 0.917 bits per heavy atom. The Balaban J connectivity index is 3.76. The van der Waals surface area contributed by atoms with Gasteiger partial charge in [0.2, 0.25) is 0 Å². The van der Waals surface area contributed by atoms with Crippen molar-refractivity contribution in [2.45, 2.75) is 26.2 Å². The molecule has 0 aliphatic rings. The Morgan fingerprint density at radius 2 is 1.42 bits per heavy atom. The third-order valence-corrected chi connectivity index (χ3v) is 5.74. The minimum absolute atomic E-state index is 0.00368. The summed E-state index contributed by atoms with van der Waals surface area (Å²) in [5, 5.41) is 27.1. The van der Waals surface area contributed by atoms with Crippen molar-refractivity contribution in [3.63, 3.8) is 0 Å². The van der Waals surface area contributed by atoms with Crippen molar-refractivity contribution < 1.29 is 15.3 Å². The molecule has 4 heteroatoms. The summed E-state index contributed by atoms with van der Waals surface area (Å²) in [5.74, 6) is 0. The van der Waals surface area contributed by atoms with Crippen molar-refractivity contribution in [3.05, 3.63) is 0 Å². The number of unbranched alkanes of at least 4 members (excludes halogenated alkanes) is 2. The van der Waals surface area contributed by atoms with E-state index in [0.29, 0.717) is 0 Å². The first-order chi connectivity index (χ1) is 5.74. The minimum atomic E-state index is -2.09. The molecule has 0 saturated carbocycles. The molecule has 0 aliphatic carbocycles. The second kappa shape index (κ2) is 6.79. The van der Waals surface area contributed by atoms with Crippen LogP contribution in [0.1, 0.15) is 26.2 Å². The van der Waals surface area contributed by atoms with Crippen molar-refractivity contribution in [2.24, 2.45) is 0 Å². The molecule has 0 spiro atoms. The summed E-state index contributed by atoms with van der Waals surface area (Å²) in [6.45, 7) is 2.11. The van der Waals surface area contributed by atoms with Crippen molar-refractivity contribution in [1.82, 2.24) is 0 Å². The van der Waals surface area contributed by atoms with Gasteiger partial charge in [-0.2, -0.15) is 0 Å². The van der Waals surface area contributed by atoms with Gasteiger partial charge in [0, 0.05) is 0 Å². The van der Waals surface area contributed by atoms with E-state index in [1.807, 2.05) is 0 Å². The average Bonchev–Trinajstić information content (AvgIpc) is 2.14.